The first-order chi connectivity index (χ1) is 15.9. The molecule has 0 saturated carbocycles. The number of hydrogen-bond donors (Lipinski definition) is 6. The Morgan fingerprint density at radius 1 is 0.824 bits per heavy atom. The Kier molecular flexibility index (Phi) is 12.7. The Hall–Kier alpha value is -2.59. The maximum atomic E-state index is 12.9. The lowest BCUT2D eigenvalue weighted by atomic mass is 10.0. The van der Waals surface area contributed by atoms with Crippen LogP contribution in [0.3, 0.4) is 0 Å². The number of nitrogens with two attached hydrogens (primary N) is 1. The molecule has 0 fully saturated rings. The van der Waals surface area contributed by atoms with Gasteiger partial charge in [0.1, 0.15) is 18.1 Å². The number of benzene rings is 1. The third-order valence-corrected chi connectivity index (χ3v) is 5.48. The largest absolute Gasteiger partial charge is 0.480 e. The van der Waals surface area contributed by atoms with E-state index in [1.165, 1.54) is 0 Å². The first kappa shape index (κ1) is 29.4. The van der Waals surface area contributed by atoms with Crippen LogP contribution < -0.4 is 21.7 Å². The summed E-state index contributed by atoms with van der Waals surface area (Å²) in [5, 5.41) is 17.3. The Morgan fingerprint density at radius 2 is 1.32 bits per heavy atom. The molecule has 0 aliphatic carbocycles. The molecule has 6 N–H and O–H groups in total. The van der Waals surface area contributed by atoms with Crippen molar-refractivity contribution in [2.45, 2.75) is 71.1 Å². The second-order valence-corrected chi connectivity index (χ2v) is 9.62. The molecule has 9 nitrogen and oxygen atoms in total. The molecule has 1 rings (SSSR count). The van der Waals surface area contributed by atoms with Crippen LogP contribution in [-0.4, -0.2) is 58.7 Å². The fourth-order valence-electron chi connectivity index (χ4n) is 3.39. The molecule has 0 aromatic heterocycles. The summed E-state index contributed by atoms with van der Waals surface area (Å²) in [4.78, 5) is 49.9. The van der Waals surface area contributed by atoms with Gasteiger partial charge in [0.15, 0.2) is 0 Å². The van der Waals surface area contributed by atoms with E-state index in [1.807, 2.05) is 33.8 Å². The summed E-state index contributed by atoms with van der Waals surface area (Å²) in [5.41, 5.74) is 6.69. The van der Waals surface area contributed by atoms with Crippen LogP contribution in [0.5, 0.6) is 0 Å². The number of amides is 3. The topological polar surface area (TPSA) is 151 Å². The van der Waals surface area contributed by atoms with Gasteiger partial charge in [-0.05, 0) is 30.2 Å². The standard InChI is InChI=1S/C24H38N4O5S/c1-14(2)10-17(25)21(29)26-18(11-15(3)4)22(30)28-20(13-34)23(31)27-19(24(32)33)12-16-8-6-5-7-9-16/h5-9,14-15,17-20,34H,10-13,25H2,1-4H3,(H,26,29)(H,27,31)(H,28,30)(H,32,33). The van der Waals surface area contributed by atoms with Gasteiger partial charge in [0.25, 0.3) is 0 Å². The van der Waals surface area contributed by atoms with Gasteiger partial charge in [-0.1, -0.05) is 58.0 Å². The molecular formula is C24H38N4O5S. The number of carboxylic acids is 1. The predicted octanol–water partition coefficient (Wildman–Crippen LogP) is 1.12. The highest BCUT2D eigenvalue weighted by atomic mass is 32.1. The van der Waals surface area contributed by atoms with Crippen molar-refractivity contribution in [1.82, 2.24) is 16.0 Å². The number of rotatable bonds is 14. The quantitative estimate of drug-likeness (QED) is 0.213. The second-order valence-electron chi connectivity index (χ2n) is 9.26. The van der Waals surface area contributed by atoms with E-state index in [1.54, 1.807) is 24.3 Å². The van der Waals surface area contributed by atoms with E-state index in [9.17, 15) is 24.3 Å². The van der Waals surface area contributed by atoms with E-state index in [0.29, 0.717) is 12.8 Å². The monoisotopic (exact) mass is 494 g/mol. The van der Waals surface area contributed by atoms with E-state index in [-0.39, 0.29) is 24.0 Å². The van der Waals surface area contributed by atoms with E-state index < -0.39 is 47.9 Å². The van der Waals surface area contributed by atoms with Gasteiger partial charge < -0.3 is 26.8 Å². The summed E-state index contributed by atoms with van der Waals surface area (Å²) in [5.74, 6) is -2.59. The maximum Gasteiger partial charge on any atom is 0.326 e. The summed E-state index contributed by atoms with van der Waals surface area (Å²) >= 11 is 4.15. The van der Waals surface area contributed by atoms with E-state index in [4.69, 9.17) is 5.73 Å². The van der Waals surface area contributed by atoms with E-state index >= 15 is 0 Å². The molecule has 1 aromatic carbocycles. The average Bonchev–Trinajstić information content (AvgIpc) is 2.75. The SMILES string of the molecule is CC(C)CC(N)C(=O)NC(CC(C)C)C(=O)NC(CS)C(=O)NC(Cc1ccccc1)C(=O)O. The van der Waals surface area contributed by atoms with Crippen LogP contribution in [0.2, 0.25) is 0 Å². The van der Waals surface area contributed by atoms with Gasteiger partial charge in [0.05, 0.1) is 6.04 Å². The number of carboxylic acid groups (broad SMARTS) is 1. The van der Waals surface area contributed by atoms with Crippen molar-refractivity contribution >= 4 is 36.3 Å². The molecule has 0 aliphatic heterocycles. The van der Waals surface area contributed by atoms with Gasteiger partial charge in [-0.15, -0.1) is 0 Å². The Labute approximate surface area is 207 Å². The van der Waals surface area contributed by atoms with Crippen molar-refractivity contribution in [3.63, 3.8) is 0 Å². The minimum absolute atomic E-state index is 0.0511. The molecule has 3 amide bonds. The highest BCUT2D eigenvalue weighted by molar-refractivity contribution is 7.80. The first-order valence-corrected chi connectivity index (χ1v) is 12.1. The number of thiol groups is 1. The van der Waals surface area contributed by atoms with Crippen LogP contribution in [0.25, 0.3) is 0 Å². The molecule has 34 heavy (non-hydrogen) atoms. The molecule has 1 aromatic rings. The van der Waals surface area contributed by atoms with Crippen molar-refractivity contribution in [3.05, 3.63) is 35.9 Å². The molecule has 10 heteroatoms. The van der Waals surface area contributed by atoms with Gasteiger partial charge in [-0.2, -0.15) is 12.6 Å². The van der Waals surface area contributed by atoms with Crippen LogP contribution in [0, 0.1) is 11.8 Å². The van der Waals surface area contributed by atoms with Crippen LogP contribution in [0.4, 0.5) is 0 Å². The third kappa shape index (κ3) is 10.6. The first-order valence-electron chi connectivity index (χ1n) is 11.5. The van der Waals surface area contributed by atoms with Gasteiger partial charge in [0.2, 0.25) is 17.7 Å². The normalized spacial score (nSPS) is 14.7. The maximum absolute atomic E-state index is 12.9. The molecule has 190 valence electrons. The van der Waals surface area contributed by atoms with Crippen molar-refractivity contribution in [2.24, 2.45) is 17.6 Å². The summed E-state index contributed by atoms with van der Waals surface area (Å²) in [6.07, 6.45) is 0.912. The third-order valence-electron chi connectivity index (χ3n) is 5.11. The molecule has 0 radical (unpaired) electrons. The van der Waals surface area contributed by atoms with Crippen LogP contribution >= 0.6 is 12.6 Å². The molecule has 4 atom stereocenters. The van der Waals surface area contributed by atoms with E-state index in [2.05, 4.69) is 28.6 Å². The fraction of sp³-hybridized carbons (Fsp3) is 0.583. The van der Waals surface area contributed by atoms with Crippen molar-refractivity contribution in [3.8, 4) is 0 Å². The minimum Gasteiger partial charge on any atom is -0.480 e. The molecule has 0 heterocycles. The van der Waals surface area contributed by atoms with Crippen molar-refractivity contribution in [2.75, 3.05) is 5.75 Å². The zero-order valence-electron chi connectivity index (χ0n) is 20.3. The van der Waals surface area contributed by atoms with Crippen LogP contribution in [0.1, 0.15) is 46.1 Å². The molecule has 0 saturated heterocycles. The number of carbonyl (C=O) groups excluding carboxylic acids is 3. The Morgan fingerprint density at radius 3 is 1.82 bits per heavy atom. The Balaban J connectivity index is 2.86. The molecular weight excluding hydrogens is 456 g/mol. The van der Waals surface area contributed by atoms with Crippen LogP contribution in [0.15, 0.2) is 30.3 Å². The summed E-state index contributed by atoms with van der Waals surface area (Å²) in [6.45, 7) is 7.71. The number of aliphatic carboxylic acids is 1. The van der Waals surface area contributed by atoms with Crippen molar-refractivity contribution < 1.29 is 24.3 Å². The molecule has 0 bridgehead atoms. The number of nitrogens with one attached hydrogen (secondary N) is 3. The smallest absolute Gasteiger partial charge is 0.326 e. The highest BCUT2D eigenvalue weighted by Gasteiger charge is 2.30. The minimum atomic E-state index is -1.19. The molecule has 0 aliphatic rings. The van der Waals surface area contributed by atoms with Gasteiger partial charge in [-0.25, -0.2) is 4.79 Å². The predicted molar refractivity (Wildman–Crippen MR) is 134 cm³/mol. The summed E-state index contributed by atoms with van der Waals surface area (Å²) in [6, 6.07) is 5.02. The summed E-state index contributed by atoms with van der Waals surface area (Å²) in [7, 11) is 0. The van der Waals surface area contributed by atoms with Crippen molar-refractivity contribution in [1.29, 1.82) is 0 Å². The lowest BCUT2D eigenvalue weighted by molar-refractivity contribution is -0.142. The average molecular weight is 495 g/mol. The van der Waals surface area contributed by atoms with E-state index in [0.717, 1.165) is 5.56 Å². The number of carbonyl (C=O) groups is 4. The second kappa shape index (κ2) is 14.6. The number of hydrogen-bond acceptors (Lipinski definition) is 6. The fourth-order valence-corrected chi connectivity index (χ4v) is 3.64. The van der Waals surface area contributed by atoms with Gasteiger partial charge in [-0.3, -0.25) is 14.4 Å². The lowest BCUT2D eigenvalue weighted by Crippen LogP contribution is -2.58. The molecule has 0 spiro atoms. The highest BCUT2D eigenvalue weighted by Crippen LogP contribution is 2.09. The zero-order valence-corrected chi connectivity index (χ0v) is 21.2. The molecule has 4 unspecified atom stereocenters. The van der Waals surface area contributed by atoms with Gasteiger partial charge in [0, 0.05) is 12.2 Å². The lowest BCUT2D eigenvalue weighted by Gasteiger charge is -2.25. The van der Waals surface area contributed by atoms with Crippen LogP contribution in [-0.2, 0) is 25.6 Å². The van der Waals surface area contributed by atoms with Gasteiger partial charge >= 0.3 is 5.97 Å². The Bertz CT molecular complexity index is 819. The summed E-state index contributed by atoms with van der Waals surface area (Å²) < 4.78 is 0. The zero-order chi connectivity index (χ0) is 25.8.